The second kappa shape index (κ2) is 6.78. The summed E-state index contributed by atoms with van der Waals surface area (Å²) in [7, 11) is 1.90. The minimum Gasteiger partial charge on any atom is -0.335 e. The summed E-state index contributed by atoms with van der Waals surface area (Å²) < 4.78 is 5.31. The highest BCUT2D eigenvalue weighted by Crippen LogP contribution is 2.22. The van der Waals surface area contributed by atoms with E-state index in [1.165, 1.54) is 0 Å². The Bertz CT molecular complexity index is 681. The molecule has 1 heterocycles. The predicted octanol–water partition coefficient (Wildman–Crippen LogP) is 2.17. The number of nitrogens with zero attached hydrogens (tertiary/aromatic N) is 2. The Labute approximate surface area is 134 Å². The monoisotopic (exact) mass is 315 g/mol. The SMILES string of the molecule is CNC(C)Cc1noc(-c2cccc(NC(=O)NC3CC3)c2)n1. The van der Waals surface area contributed by atoms with Gasteiger partial charge in [-0.05, 0) is 45.0 Å². The largest absolute Gasteiger partial charge is 0.335 e. The van der Waals surface area contributed by atoms with Crippen molar-refractivity contribution in [2.75, 3.05) is 12.4 Å². The highest BCUT2D eigenvalue weighted by molar-refractivity contribution is 5.90. The maximum Gasteiger partial charge on any atom is 0.319 e. The number of urea groups is 1. The lowest BCUT2D eigenvalue weighted by Gasteiger charge is -2.07. The lowest BCUT2D eigenvalue weighted by Crippen LogP contribution is -2.30. The third kappa shape index (κ3) is 4.29. The molecule has 1 unspecified atom stereocenters. The van der Waals surface area contributed by atoms with Crippen molar-refractivity contribution in [1.29, 1.82) is 0 Å². The highest BCUT2D eigenvalue weighted by atomic mass is 16.5. The lowest BCUT2D eigenvalue weighted by atomic mass is 10.2. The van der Waals surface area contributed by atoms with Gasteiger partial charge in [0.2, 0.25) is 0 Å². The Morgan fingerprint density at radius 2 is 2.26 bits per heavy atom. The van der Waals surface area contributed by atoms with Gasteiger partial charge >= 0.3 is 6.03 Å². The molecule has 0 radical (unpaired) electrons. The molecule has 0 spiro atoms. The van der Waals surface area contributed by atoms with E-state index in [1.807, 2.05) is 31.3 Å². The molecule has 2 amide bonds. The van der Waals surface area contributed by atoms with Gasteiger partial charge < -0.3 is 20.5 Å². The zero-order valence-corrected chi connectivity index (χ0v) is 13.3. The van der Waals surface area contributed by atoms with Gasteiger partial charge in [-0.2, -0.15) is 4.98 Å². The van der Waals surface area contributed by atoms with Crippen molar-refractivity contribution >= 4 is 11.7 Å². The number of hydrogen-bond acceptors (Lipinski definition) is 5. The Balaban J connectivity index is 1.67. The molecule has 7 nitrogen and oxygen atoms in total. The molecule has 1 fully saturated rings. The number of hydrogen-bond donors (Lipinski definition) is 3. The van der Waals surface area contributed by atoms with E-state index in [2.05, 4.69) is 33.0 Å². The number of benzene rings is 1. The summed E-state index contributed by atoms with van der Waals surface area (Å²) >= 11 is 0. The van der Waals surface area contributed by atoms with Crippen molar-refractivity contribution < 1.29 is 9.32 Å². The first kappa shape index (κ1) is 15.5. The Morgan fingerprint density at radius 3 is 3.00 bits per heavy atom. The normalized spacial score (nSPS) is 15.2. The van der Waals surface area contributed by atoms with Gasteiger partial charge in [0.15, 0.2) is 5.82 Å². The van der Waals surface area contributed by atoms with Gasteiger partial charge in [-0.1, -0.05) is 11.2 Å². The number of aromatic nitrogens is 2. The quantitative estimate of drug-likeness (QED) is 0.760. The van der Waals surface area contributed by atoms with Gasteiger partial charge in [0, 0.05) is 29.8 Å². The van der Waals surface area contributed by atoms with Crippen LogP contribution in [-0.4, -0.2) is 35.3 Å². The molecular weight excluding hydrogens is 294 g/mol. The van der Waals surface area contributed by atoms with Crippen molar-refractivity contribution in [3.8, 4) is 11.5 Å². The predicted molar refractivity (Wildman–Crippen MR) is 87.1 cm³/mol. The molecule has 3 rings (SSSR count). The third-order valence-electron chi connectivity index (χ3n) is 3.73. The van der Waals surface area contributed by atoms with Crippen LogP contribution in [-0.2, 0) is 6.42 Å². The molecule has 1 atom stereocenters. The van der Waals surface area contributed by atoms with E-state index in [0.717, 1.165) is 18.4 Å². The maximum atomic E-state index is 11.8. The number of nitrogens with one attached hydrogen (secondary N) is 3. The van der Waals surface area contributed by atoms with Crippen LogP contribution >= 0.6 is 0 Å². The fourth-order valence-electron chi connectivity index (χ4n) is 2.14. The van der Waals surface area contributed by atoms with Crippen LogP contribution in [0, 0.1) is 0 Å². The molecule has 7 heteroatoms. The van der Waals surface area contributed by atoms with Gasteiger partial charge in [0.1, 0.15) is 0 Å². The van der Waals surface area contributed by atoms with E-state index in [9.17, 15) is 4.79 Å². The fraction of sp³-hybridized carbons (Fsp3) is 0.438. The first-order valence-electron chi connectivity index (χ1n) is 7.82. The molecule has 0 saturated heterocycles. The third-order valence-corrected chi connectivity index (χ3v) is 3.73. The molecular formula is C16H21N5O2. The Morgan fingerprint density at radius 1 is 1.43 bits per heavy atom. The van der Waals surface area contributed by atoms with Crippen molar-refractivity contribution in [3.63, 3.8) is 0 Å². The summed E-state index contributed by atoms with van der Waals surface area (Å²) in [6.07, 6.45) is 2.81. The van der Waals surface area contributed by atoms with Crippen LogP contribution in [0.1, 0.15) is 25.6 Å². The standard InChI is InChI=1S/C16H21N5O2/c1-10(17-2)8-14-20-15(23-21-14)11-4-3-5-13(9-11)19-16(22)18-12-6-7-12/h3-5,9-10,12,17H,6-8H2,1-2H3,(H2,18,19,22). The summed E-state index contributed by atoms with van der Waals surface area (Å²) in [5.74, 6) is 1.11. The van der Waals surface area contributed by atoms with Crippen LogP contribution in [0.2, 0.25) is 0 Å². The van der Waals surface area contributed by atoms with Crippen LogP contribution in [0.25, 0.3) is 11.5 Å². The molecule has 1 aliphatic carbocycles. The zero-order valence-electron chi connectivity index (χ0n) is 13.3. The van der Waals surface area contributed by atoms with Crippen LogP contribution in [0.3, 0.4) is 0 Å². The maximum absolute atomic E-state index is 11.8. The van der Waals surface area contributed by atoms with Gasteiger partial charge in [0.25, 0.3) is 5.89 Å². The van der Waals surface area contributed by atoms with Gasteiger partial charge in [-0.25, -0.2) is 4.79 Å². The van der Waals surface area contributed by atoms with Gasteiger partial charge in [0.05, 0.1) is 0 Å². The summed E-state index contributed by atoms with van der Waals surface area (Å²) in [5.41, 5.74) is 1.48. The number of anilines is 1. The number of carbonyl (C=O) groups is 1. The van der Waals surface area contributed by atoms with E-state index in [4.69, 9.17) is 4.52 Å². The number of carbonyl (C=O) groups excluding carboxylic acids is 1. The molecule has 1 aromatic carbocycles. The second-order valence-corrected chi connectivity index (χ2v) is 5.86. The topological polar surface area (TPSA) is 92.1 Å². The van der Waals surface area contributed by atoms with E-state index in [0.29, 0.717) is 29.9 Å². The lowest BCUT2D eigenvalue weighted by molar-refractivity contribution is 0.251. The minimum absolute atomic E-state index is 0.182. The number of likely N-dealkylation sites (N-methyl/N-ethyl adjacent to an activating group) is 1. The van der Waals surface area contributed by atoms with Crippen LogP contribution in [0.15, 0.2) is 28.8 Å². The molecule has 122 valence electrons. The summed E-state index contributed by atoms with van der Waals surface area (Å²) in [4.78, 5) is 16.2. The Kier molecular flexibility index (Phi) is 4.57. The minimum atomic E-state index is -0.182. The molecule has 1 aromatic heterocycles. The zero-order chi connectivity index (χ0) is 16.2. The van der Waals surface area contributed by atoms with Gasteiger partial charge in [-0.3, -0.25) is 0 Å². The smallest absolute Gasteiger partial charge is 0.319 e. The summed E-state index contributed by atoms with van der Waals surface area (Å²) in [6, 6.07) is 7.80. The van der Waals surface area contributed by atoms with Gasteiger partial charge in [-0.15, -0.1) is 0 Å². The van der Waals surface area contributed by atoms with Crippen molar-refractivity contribution in [1.82, 2.24) is 20.8 Å². The van der Waals surface area contributed by atoms with Crippen molar-refractivity contribution in [3.05, 3.63) is 30.1 Å². The van der Waals surface area contributed by atoms with Crippen LogP contribution in [0.4, 0.5) is 10.5 Å². The van der Waals surface area contributed by atoms with E-state index >= 15 is 0 Å². The summed E-state index contributed by atoms with van der Waals surface area (Å²) in [5, 5.41) is 12.8. The first-order valence-corrected chi connectivity index (χ1v) is 7.82. The molecule has 0 bridgehead atoms. The van der Waals surface area contributed by atoms with Crippen molar-refractivity contribution in [2.24, 2.45) is 0 Å². The fourth-order valence-corrected chi connectivity index (χ4v) is 2.14. The van der Waals surface area contributed by atoms with Crippen molar-refractivity contribution in [2.45, 2.75) is 38.3 Å². The van der Waals surface area contributed by atoms with Crippen LogP contribution in [0.5, 0.6) is 0 Å². The average molecular weight is 315 g/mol. The molecule has 3 N–H and O–H groups in total. The van der Waals surface area contributed by atoms with E-state index in [-0.39, 0.29) is 12.1 Å². The number of rotatable bonds is 6. The molecule has 0 aliphatic heterocycles. The number of amides is 2. The molecule has 1 saturated carbocycles. The second-order valence-electron chi connectivity index (χ2n) is 5.86. The first-order chi connectivity index (χ1) is 11.1. The van der Waals surface area contributed by atoms with E-state index in [1.54, 1.807) is 0 Å². The molecule has 1 aliphatic rings. The molecule has 2 aromatic rings. The van der Waals surface area contributed by atoms with Crippen LogP contribution < -0.4 is 16.0 Å². The summed E-state index contributed by atoms with van der Waals surface area (Å²) in [6.45, 7) is 2.05. The molecule has 23 heavy (non-hydrogen) atoms. The highest BCUT2D eigenvalue weighted by Gasteiger charge is 2.23. The van der Waals surface area contributed by atoms with E-state index < -0.39 is 0 Å². The Hall–Kier alpha value is -2.41. The average Bonchev–Trinajstić information content (AvgIpc) is 3.22.